The third-order valence-electron chi connectivity index (χ3n) is 6.04. The number of aromatic nitrogens is 2. The van der Waals surface area contributed by atoms with Crippen LogP contribution in [-0.4, -0.2) is 52.8 Å². The van der Waals surface area contributed by atoms with Gasteiger partial charge in [-0.25, -0.2) is 13.7 Å². The van der Waals surface area contributed by atoms with Gasteiger partial charge >= 0.3 is 6.03 Å². The number of hydrogen-bond donors (Lipinski definition) is 3. The van der Waals surface area contributed by atoms with E-state index in [1.54, 1.807) is 64.3 Å². The standard InChI is InChI=1S/C26H25FN6O3/c1-16-2-7-20(27)22(14-16)31-26(35)30-18-5-3-17(4-6-18)23-19(25(34)32-10-12-36-13-11-32)15-33-24(23)21(28)8-9-29-33/h2-9,14-15H,10-13,28H2,1H3,(H2,30,31,35). The number of anilines is 3. The summed E-state index contributed by atoms with van der Waals surface area (Å²) < 4.78 is 21.0. The molecule has 0 spiro atoms. The predicted molar refractivity (Wildman–Crippen MR) is 136 cm³/mol. The highest BCUT2D eigenvalue weighted by atomic mass is 19.1. The van der Waals surface area contributed by atoms with E-state index in [-0.39, 0.29) is 11.6 Å². The monoisotopic (exact) mass is 488 g/mol. The zero-order valence-electron chi connectivity index (χ0n) is 19.6. The molecule has 0 radical (unpaired) electrons. The van der Waals surface area contributed by atoms with E-state index in [0.29, 0.717) is 54.3 Å². The largest absolute Gasteiger partial charge is 0.397 e. The van der Waals surface area contributed by atoms with Crippen LogP contribution >= 0.6 is 0 Å². The molecule has 1 aliphatic heterocycles. The van der Waals surface area contributed by atoms with Gasteiger partial charge in [-0.2, -0.15) is 5.10 Å². The Morgan fingerprint density at radius 3 is 2.56 bits per heavy atom. The SMILES string of the molecule is Cc1ccc(F)c(NC(=O)Nc2ccc(-c3c(C(=O)N4CCOCC4)cn4nccc(N)c34)cc2)c1. The molecule has 5 rings (SSSR count). The summed E-state index contributed by atoms with van der Waals surface area (Å²) in [7, 11) is 0. The Balaban J connectivity index is 1.43. The fourth-order valence-corrected chi connectivity index (χ4v) is 4.26. The van der Waals surface area contributed by atoms with Gasteiger partial charge in [-0.3, -0.25) is 4.79 Å². The number of fused-ring (bicyclic) bond motifs is 1. The Morgan fingerprint density at radius 2 is 1.81 bits per heavy atom. The molecule has 10 heteroatoms. The highest BCUT2D eigenvalue weighted by Crippen LogP contribution is 2.34. The molecule has 0 saturated carbocycles. The molecular weight excluding hydrogens is 463 g/mol. The zero-order chi connectivity index (χ0) is 25.2. The lowest BCUT2D eigenvalue weighted by molar-refractivity contribution is 0.0303. The lowest BCUT2D eigenvalue weighted by Crippen LogP contribution is -2.40. The van der Waals surface area contributed by atoms with Crippen molar-refractivity contribution in [1.82, 2.24) is 14.5 Å². The molecule has 36 heavy (non-hydrogen) atoms. The molecule has 0 unspecified atom stereocenters. The summed E-state index contributed by atoms with van der Waals surface area (Å²) in [5.74, 6) is -0.643. The Labute approximate surface area is 206 Å². The van der Waals surface area contributed by atoms with Crippen LogP contribution in [0.25, 0.3) is 16.6 Å². The quantitative estimate of drug-likeness (QED) is 0.399. The second kappa shape index (κ2) is 9.67. The predicted octanol–water partition coefficient (Wildman–Crippen LogP) is 4.15. The van der Waals surface area contributed by atoms with Crippen molar-refractivity contribution in [1.29, 1.82) is 0 Å². The van der Waals surface area contributed by atoms with Crippen molar-refractivity contribution >= 4 is 34.5 Å². The number of nitrogen functional groups attached to an aromatic ring is 1. The number of carbonyl (C=O) groups is 2. The van der Waals surface area contributed by atoms with Crippen LogP contribution in [-0.2, 0) is 4.74 Å². The first kappa shape index (κ1) is 23.3. The average Bonchev–Trinajstić information content (AvgIpc) is 3.28. The van der Waals surface area contributed by atoms with Gasteiger partial charge in [0.1, 0.15) is 5.82 Å². The van der Waals surface area contributed by atoms with Crippen molar-refractivity contribution in [2.75, 3.05) is 42.7 Å². The Bertz CT molecular complexity index is 1440. The number of nitrogens with two attached hydrogens (primary N) is 1. The van der Waals surface area contributed by atoms with Crippen LogP contribution < -0.4 is 16.4 Å². The van der Waals surface area contributed by atoms with Gasteiger partial charge in [0.15, 0.2) is 0 Å². The van der Waals surface area contributed by atoms with Crippen molar-refractivity contribution in [2.24, 2.45) is 0 Å². The molecule has 3 heterocycles. The number of aryl methyl sites for hydroxylation is 1. The van der Waals surface area contributed by atoms with Crippen LogP contribution in [0.1, 0.15) is 15.9 Å². The molecule has 4 N–H and O–H groups in total. The molecule has 1 fully saturated rings. The summed E-state index contributed by atoms with van der Waals surface area (Å²) in [4.78, 5) is 27.6. The second-order valence-corrected chi connectivity index (χ2v) is 8.54. The number of morpholine rings is 1. The summed E-state index contributed by atoms with van der Waals surface area (Å²) in [5.41, 5.74) is 10.7. The number of ether oxygens (including phenoxy) is 1. The van der Waals surface area contributed by atoms with E-state index in [0.717, 1.165) is 11.1 Å². The van der Waals surface area contributed by atoms with E-state index < -0.39 is 11.8 Å². The minimum atomic E-state index is -0.571. The molecule has 0 aliphatic carbocycles. The van der Waals surface area contributed by atoms with E-state index in [9.17, 15) is 14.0 Å². The smallest absolute Gasteiger partial charge is 0.323 e. The van der Waals surface area contributed by atoms with Crippen molar-refractivity contribution in [2.45, 2.75) is 6.92 Å². The van der Waals surface area contributed by atoms with Gasteiger partial charge in [0, 0.05) is 36.7 Å². The van der Waals surface area contributed by atoms with E-state index in [4.69, 9.17) is 10.5 Å². The summed E-state index contributed by atoms with van der Waals surface area (Å²) in [6.07, 6.45) is 3.27. The number of halogens is 1. The highest BCUT2D eigenvalue weighted by molar-refractivity contribution is 6.07. The number of amides is 3. The summed E-state index contributed by atoms with van der Waals surface area (Å²) >= 11 is 0. The molecule has 0 atom stereocenters. The fraction of sp³-hybridized carbons (Fsp3) is 0.192. The van der Waals surface area contributed by atoms with E-state index in [2.05, 4.69) is 15.7 Å². The van der Waals surface area contributed by atoms with E-state index >= 15 is 0 Å². The summed E-state index contributed by atoms with van der Waals surface area (Å²) in [5, 5.41) is 9.55. The molecule has 4 aromatic rings. The van der Waals surface area contributed by atoms with Crippen LogP contribution in [0.15, 0.2) is 60.9 Å². The minimum absolute atomic E-state index is 0.0960. The first-order valence-corrected chi connectivity index (χ1v) is 11.5. The normalized spacial score (nSPS) is 13.6. The lowest BCUT2D eigenvalue weighted by atomic mass is 10.0. The maximum atomic E-state index is 14.0. The average molecular weight is 489 g/mol. The van der Waals surface area contributed by atoms with Gasteiger partial charge in [0.05, 0.1) is 35.7 Å². The summed E-state index contributed by atoms with van der Waals surface area (Å²) in [6, 6.07) is 12.6. The number of nitrogens with zero attached hydrogens (tertiary/aromatic N) is 3. The van der Waals surface area contributed by atoms with Crippen molar-refractivity contribution < 1.29 is 18.7 Å². The van der Waals surface area contributed by atoms with Crippen LogP contribution in [0.3, 0.4) is 0 Å². The molecule has 2 aromatic heterocycles. The highest BCUT2D eigenvalue weighted by Gasteiger charge is 2.26. The number of benzene rings is 2. The van der Waals surface area contributed by atoms with Gasteiger partial charge in [-0.1, -0.05) is 18.2 Å². The Hall–Kier alpha value is -4.44. The Kier molecular flexibility index (Phi) is 6.26. The molecule has 0 bridgehead atoms. The molecule has 1 aliphatic rings. The molecule has 2 aromatic carbocycles. The molecule has 3 amide bonds. The minimum Gasteiger partial charge on any atom is -0.397 e. The number of nitrogens with one attached hydrogen (secondary N) is 2. The maximum Gasteiger partial charge on any atom is 0.323 e. The first-order chi connectivity index (χ1) is 17.4. The molecular formula is C26H25FN6O3. The van der Waals surface area contributed by atoms with Gasteiger partial charge in [0.25, 0.3) is 5.91 Å². The number of carbonyl (C=O) groups excluding carboxylic acids is 2. The molecule has 9 nitrogen and oxygen atoms in total. The topological polar surface area (TPSA) is 114 Å². The number of urea groups is 1. The zero-order valence-corrected chi connectivity index (χ0v) is 19.6. The van der Waals surface area contributed by atoms with E-state index in [1.165, 1.54) is 6.07 Å². The first-order valence-electron chi connectivity index (χ1n) is 11.5. The van der Waals surface area contributed by atoms with Crippen molar-refractivity contribution in [3.05, 3.63) is 77.9 Å². The molecule has 184 valence electrons. The van der Waals surface area contributed by atoms with Gasteiger partial charge in [-0.05, 0) is 48.4 Å². The van der Waals surface area contributed by atoms with Gasteiger partial charge in [0.2, 0.25) is 0 Å². The van der Waals surface area contributed by atoms with E-state index in [1.807, 2.05) is 6.92 Å². The van der Waals surface area contributed by atoms with Crippen LogP contribution in [0.2, 0.25) is 0 Å². The third kappa shape index (κ3) is 4.58. The summed E-state index contributed by atoms with van der Waals surface area (Å²) in [6.45, 7) is 3.81. The van der Waals surface area contributed by atoms with Gasteiger partial charge < -0.3 is 26.0 Å². The Morgan fingerprint density at radius 1 is 1.06 bits per heavy atom. The van der Waals surface area contributed by atoms with Crippen molar-refractivity contribution in [3.8, 4) is 11.1 Å². The van der Waals surface area contributed by atoms with Crippen LogP contribution in [0.4, 0.5) is 26.2 Å². The lowest BCUT2D eigenvalue weighted by Gasteiger charge is -2.27. The van der Waals surface area contributed by atoms with Gasteiger partial charge in [-0.15, -0.1) is 0 Å². The maximum absolute atomic E-state index is 14.0. The fourth-order valence-electron chi connectivity index (χ4n) is 4.26. The third-order valence-corrected chi connectivity index (χ3v) is 6.04. The number of rotatable bonds is 4. The van der Waals surface area contributed by atoms with Crippen LogP contribution in [0, 0.1) is 12.7 Å². The number of hydrogen-bond acceptors (Lipinski definition) is 5. The molecule has 1 saturated heterocycles. The second-order valence-electron chi connectivity index (χ2n) is 8.54. The van der Waals surface area contributed by atoms with Crippen molar-refractivity contribution in [3.63, 3.8) is 0 Å². The van der Waals surface area contributed by atoms with Crippen LogP contribution in [0.5, 0.6) is 0 Å².